The highest BCUT2D eigenvalue weighted by Crippen LogP contribution is 2.13. The monoisotopic (exact) mass is 399 g/mol. The molecular formula is C21H37NO6. The fraction of sp³-hybridized carbons (Fsp3) is 0.762. The Morgan fingerprint density at radius 3 is 1.68 bits per heavy atom. The van der Waals surface area contributed by atoms with Crippen LogP contribution in [0.5, 0.6) is 0 Å². The average Bonchev–Trinajstić information content (AvgIpc) is 2.57. The number of unbranched alkanes of at least 4 members (excludes halogenated alkanes) is 9. The van der Waals surface area contributed by atoms with Gasteiger partial charge in [-0.25, -0.2) is 9.59 Å². The van der Waals surface area contributed by atoms with Gasteiger partial charge in [0.1, 0.15) is 6.54 Å². The lowest BCUT2D eigenvalue weighted by molar-refractivity contribution is -0.909. The Balaban J connectivity index is 4.06. The third kappa shape index (κ3) is 15.2. The highest BCUT2D eigenvalue weighted by Gasteiger charge is 2.33. The highest BCUT2D eigenvalue weighted by atomic mass is 16.4. The van der Waals surface area contributed by atoms with Crippen molar-refractivity contribution < 1.29 is 34.2 Å². The zero-order valence-electron chi connectivity index (χ0n) is 17.2. The first-order valence-electron chi connectivity index (χ1n) is 10.4. The number of allylic oxidation sites excluding steroid dienone is 2. The van der Waals surface area contributed by atoms with Crippen molar-refractivity contribution in [2.75, 3.05) is 26.2 Å². The second kappa shape index (κ2) is 16.1. The summed E-state index contributed by atoms with van der Waals surface area (Å²) in [5.74, 6) is -3.83. The van der Waals surface area contributed by atoms with Crippen molar-refractivity contribution in [3.63, 3.8) is 0 Å². The van der Waals surface area contributed by atoms with Gasteiger partial charge in [0.2, 0.25) is 0 Å². The molecule has 0 saturated heterocycles. The molecule has 0 amide bonds. The number of carbonyl (C=O) groups excluding carboxylic acids is 1. The van der Waals surface area contributed by atoms with E-state index < -0.39 is 42.0 Å². The summed E-state index contributed by atoms with van der Waals surface area (Å²) in [5, 5.41) is 29.1. The topological polar surface area (TPSA) is 115 Å². The van der Waals surface area contributed by atoms with E-state index in [0.29, 0.717) is 6.42 Å². The van der Waals surface area contributed by atoms with E-state index in [0.717, 1.165) is 38.5 Å². The van der Waals surface area contributed by atoms with Crippen molar-refractivity contribution in [2.24, 2.45) is 0 Å². The molecule has 0 rings (SSSR count). The molecule has 28 heavy (non-hydrogen) atoms. The molecule has 0 aliphatic carbocycles. The summed E-state index contributed by atoms with van der Waals surface area (Å²) in [4.78, 5) is 33.2. The number of hydrogen-bond donors (Lipinski definition) is 2. The Bertz CT molecular complexity index is 448. The van der Waals surface area contributed by atoms with Crippen LogP contribution in [-0.2, 0) is 14.4 Å². The van der Waals surface area contributed by atoms with E-state index in [1.807, 2.05) is 0 Å². The molecule has 0 radical (unpaired) electrons. The van der Waals surface area contributed by atoms with Gasteiger partial charge in [-0.1, -0.05) is 57.6 Å². The van der Waals surface area contributed by atoms with Crippen molar-refractivity contribution in [3.8, 4) is 0 Å². The van der Waals surface area contributed by atoms with Gasteiger partial charge in [0.25, 0.3) is 0 Å². The van der Waals surface area contributed by atoms with Gasteiger partial charge in [-0.2, -0.15) is 0 Å². The number of carboxylic acid groups (broad SMARTS) is 3. The molecule has 0 heterocycles. The maximum Gasteiger partial charge on any atom is 0.359 e. The number of quaternary nitrogens is 1. The second-order valence-corrected chi connectivity index (χ2v) is 7.58. The minimum absolute atomic E-state index is 0.217. The van der Waals surface area contributed by atoms with Gasteiger partial charge in [-0.15, -0.1) is 0 Å². The maximum atomic E-state index is 11.1. The molecule has 0 aromatic heterocycles. The van der Waals surface area contributed by atoms with Crippen molar-refractivity contribution in [1.82, 2.24) is 0 Å². The summed E-state index contributed by atoms with van der Waals surface area (Å²) in [6, 6.07) is 0. The molecular weight excluding hydrogens is 362 g/mol. The molecule has 7 heteroatoms. The van der Waals surface area contributed by atoms with Crippen LogP contribution in [0.3, 0.4) is 0 Å². The maximum absolute atomic E-state index is 11.1. The molecule has 162 valence electrons. The number of aliphatic carboxylic acids is 3. The van der Waals surface area contributed by atoms with Crippen LogP contribution in [0.4, 0.5) is 0 Å². The normalized spacial score (nSPS) is 11.8. The van der Waals surface area contributed by atoms with E-state index in [9.17, 15) is 19.5 Å². The van der Waals surface area contributed by atoms with Crippen molar-refractivity contribution in [1.29, 1.82) is 0 Å². The van der Waals surface area contributed by atoms with Crippen LogP contribution in [0, 0.1) is 0 Å². The van der Waals surface area contributed by atoms with Gasteiger partial charge in [-0.3, -0.25) is 0 Å². The molecule has 7 nitrogen and oxygen atoms in total. The Hall–Kier alpha value is -1.89. The molecule has 0 aliphatic rings. The lowest BCUT2D eigenvalue weighted by atomic mass is 10.1. The van der Waals surface area contributed by atoms with Crippen LogP contribution in [0.25, 0.3) is 0 Å². The quantitative estimate of drug-likeness (QED) is 0.196. The molecule has 0 aromatic carbocycles. The lowest BCUT2D eigenvalue weighted by Gasteiger charge is -2.36. The summed E-state index contributed by atoms with van der Waals surface area (Å²) in [6.07, 6.45) is 16.3. The predicted octanol–water partition coefficient (Wildman–Crippen LogP) is 2.59. The SMILES string of the molecule is CCCC/C=C/CCCCCCCCC[N+](CC(=O)[O-])(CC(=O)O)CC(=O)O. The molecule has 0 aliphatic heterocycles. The van der Waals surface area contributed by atoms with E-state index in [-0.39, 0.29) is 6.54 Å². The lowest BCUT2D eigenvalue weighted by Crippen LogP contribution is -2.59. The fourth-order valence-corrected chi connectivity index (χ4v) is 3.40. The van der Waals surface area contributed by atoms with Gasteiger partial charge < -0.3 is 24.6 Å². The first-order valence-corrected chi connectivity index (χ1v) is 10.4. The zero-order chi connectivity index (χ0) is 21.3. The average molecular weight is 400 g/mol. The molecule has 0 bridgehead atoms. The summed E-state index contributed by atoms with van der Waals surface area (Å²) < 4.78 is -0.503. The molecule has 0 atom stereocenters. The van der Waals surface area contributed by atoms with Gasteiger partial charge in [0.05, 0.1) is 12.5 Å². The first kappa shape index (κ1) is 26.1. The largest absolute Gasteiger partial charge is 0.544 e. The molecule has 2 N–H and O–H groups in total. The standard InChI is InChI=1S/C21H37NO6/c1-2-3-4-5-6-7-8-9-10-11-12-13-14-15-22(16-19(23)24,17-20(25)26)18-21(27)28/h5-6H,2-4,7-18H2,1H3,(H2-,23,24,25,26,27,28)/b6-5+. The third-order valence-electron chi connectivity index (χ3n) is 4.80. The Morgan fingerprint density at radius 2 is 1.21 bits per heavy atom. The third-order valence-corrected chi connectivity index (χ3v) is 4.80. The first-order chi connectivity index (χ1) is 13.3. The van der Waals surface area contributed by atoms with Gasteiger partial charge in [0, 0.05) is 0 Å². The van der Waals surface area contributed by atoms with Crippen LogP contribution < -0.4 is 5.11 Å². The number of carbonyl (C=O) groups is 3. The van der Waals surface area contributed by atoms with Crippen molar-refractivity contribution in [2.45, 2.75) is 77.6 Å². The Morgan fingerprint density at radius 1 is 0.750 bits per heavy atom. The molecule has 0 unspecified atom stereocenters. The number of rotatable bonds is 19. The summed E-state index contributed by atoms with van der Waals surface area (Å²) in [6.45, 7) is 0.770. The molecule has 0 fully saturated rings. The smallest absolute Gasteiger partial charge is 0.359 e. The molecule has 0 spiro atoms. The number of hydrogen-bond acceptors (Lipinski definition) is 4. The van der Waals surface area contributed by atoms with Gasteiger partial charge >= 0.3 is 11.9 Å². The van der Waals surface area contributed by atoms with Crippen LogP contribution in [0.1, 0.15) is 77.6 Å². The van der Waals surface area contributed by atoms with Gasteiger partial charge in [-0.05, 0) is 32.1 Å². The van der Waals surface area contributed by atoms with E-state index in [4.69, 9.17) is 10.2 Å². The molecule has 0 aromatic rings. The Labute approximate surface area is 168 Å². The van der Waals surface area contributed by atoms with E-state index in [1.165, 1.54) is 25.7 Å². The number of nitrogens with zero attached hydrogens (tertiary/aromatic N) is 1. The zero-order valence-corrected chi connectivity index (χ0v) is 17.2. The van der Waals surface area contributed by atoms with Crippen LogP contribution in [0.2, 0.25) is 0 Å². The highest BCUT2D eigenvalue weighted by molar-refractivity contribution is 5.72. The minimum atomic E-state index is -1.42. The summed E-state index contributed by atoms with van der Waals surface area (Å²) in [5.41, 5.74) is 0. The predicted molar refractivity (Wildman–Crippen MR) is 106 cm³/mol. The van der Waals surface area contributed by atoms with Crippen molar-refractivity contribution >= 4 is 17.9 Å². The minimum Gasteiger partial charge on any atom is -0.544 e. The number of carboxylic acids is 3. The van der Waals surface area contributed by atoms with Crippen LogP contribution in [-0.4, -0.2) is 58.8 Å². The van der Waals surface area contributed by atoms with E-state index >= 15 is 0 Å². The Kier molecular flexibility index (Phi) is 15.0. The summed E-state index contributed by atoms with van der Waals surface area (Å²) in [7, 11) is 0. The van der Waals surface area contributed by atoms with Crippen molar-refractivity contribution in [3.05, 3.63) is 12.2 Å². The fourth-order valence-electron chi connectivity index (χ4n) is 3.40. The second-order valence-electron chi connectivity index (χ2n) is 7.58. The summed E-state index contributed by atoms with van der Waals surface area (Å²) >= 11 is 0. The van der Waals surface area contributed by atoms with Crippen LogP contribution in [0.15, 0.2) is 12.2 Å². The van der Waals surface area contributed by atoms with E-state index in [1.54, 1.807) is 0 Å². The van der Waals surface area contributed by atoms with E-state index in [2.05, 4.69) is 19.1 Å². The molecule has 0 saturated carbocycles. The van der Waals surface area contributed by atoms with Gasteiger partial charge in [0.15, 0.2) is 13.1 Å². The van der Waals surface area contributed by atoms with Crippen LogP contribution >= 0.6 is 0 Å².